The summed E-state index contributed by atoms with van der Waals surface area (Å²) in [6.07, 6.45) is 4.94. The van der Waals surface area contributed by atoms with Gasteiger partial charge >= 0.3 is 0 Å². The molecule has 3 nitrogen and oxygen atoms in total. The summed E-state index contributed by atoms with van der Waals surface area (Å²) >= 11 is 0. The van der Waals surface area contributed by atoms with E-state index in [0.29, 0.717) is 0 Å². The third-order valence-corrected chi connectivity index (χ3v) is 4.16. The number of hydrogen-bond donors (Lipinski definition) is 1. The van der Waals surface area contributed by atoms with Gasteiger partial charge in [0.1, 0.15) is 5.75 Å². The fourth-order valence-corrected chi connectivity index (χ4v) is 2.78. The van der Waals surface area contributed by atoms with E-state index < -0.39 is 0 Å². The molecule has 118 valence electrons. The van der Waals surface area contributed by atoms with Gasteiger partial charge in [0.25, 0.3) is 0 Å². The summed E-state index contributed by atoms with van der Waals surface area (Å²) in [5.41, 5.74) is 2.98. The van der Waals surface area contributed by atoms with Gasteiger partial charge in [-0.2, -0.15) is 0 Å². The third kappa shape index (κ3) is 4.72. The first-order chi connectivity index (χ1) is 10.1. The molecule has 0 aliphatic carbocycles. The molecule has 0 unspecified atom stereocenters. The SMILES string of the molecule is COCCNCCCCCc1ccc2c(c1)C(C)(C)CO2. The van der Waals surface area contributed by atoms with Crippen molar-refractivity contribution in [1.82, 2.24) is 5.32 Å². The van der Waals surface area contributed by atoms with Crippen molar-refractivity contribution < 1.29 is 9.47 Å². The molecule has 3 heteroatoms. The van der Waals surface area contributed by atoms with E-state index in [1.54, 1.807) is 7.11 Å². The summed E-state index contributed by atoms with van der Waals surface area (Å²) in [4.78, 5) is 0. The van der Waals surface area contributed by atoms with E-state index in [9.17, 15) is 0 Å². The predicted octanol–water partition coefficient (Wildman–Crippen LogP) is 3.31. The number of ether oxygens (including phenoxy) is 2. The van der Waals surface area contributed by atoms with Crippen LogP contribution >= 0.6 is 0 Å². The number of methoxy groups -OCH3 is 1. The lowest BCUT2D eigenvalue weighted by molar-refractivity contribution is 0.199. The maximum atomic E-state index is 5.74. The molecule has 1 heterocycles. The number of rotatable bonds is 9. The Bertz CT molecular complexity index is 443. The molecule has 0 atom stereocenters. The molecule has 0 saturated heterocycles. The highest BCUT2D eigenvalue weighted by molar-refractivity contribution is 5.45. The molecule has 1 N–H and O–H groups in total. The van der Waals surface area contributed by atoms with Crippen LogP contribution in [0.4, 0.5) is 0 Å². The number of unbranched alkanes of at least 4 members (excludes halogenated alkanes) is 2. The van der Waals surface area contributed by atoms with E-state index in [1.807, 2.05) is 0 Å². The molecule has 0 fully saturated rings. The summed E-state index contributed by atoms with van der Waals surface area (Å²) in [5.74, 6) is 1.08. The van der Waals surface area contributed by atoms with Gasteiger partial charge in [-0.15, -0.1) is 0 Å². The van der Waals surface area contributed by atoms with Crippen molar-refractivity contribution in [3.8, 4) is 5.75 Å². The highest BCUT2D eigenvalue weighted by Gasteiger charge is 2.31. The Hall–Kier alpha value is -1.06. The maximum absolute atomic E-state index is 5.74. The number of benzene rings is 1. The molecular formula is C18H29NO2. The van der Waals surface area contributed by atoms with Crippen LogP contribution in [0.25, 0.3) is 0 Å². The smallest absolute Gasteiger partial charge is 0.123 e. The van der Waals surface area contributed by atoms with Crippen LogP contribution in [0.3, 0.4) is 0 Å². The van der Waals surface area contributed by atoms with Gasteiger partial charge in [0.2, 0.25) is 0 Å². The maximum Gasteiger partial charge on any atom is 0.123 e. The Morgan fingerprint density at radius 3 is 2.86 bits per heavy atom. The largest absolute Gasteiger partial charge is 0.492 e. The Morgan fingerprint density at radius 2 is 2.05 bits per heavy atom. The molecule has 0 radical (unpaired) electrons. The van der Waals surface area contributed by atoms with Crippen molar-refractivity contribution in [2.24, 2.45) is 0 Å². The minimum absolute atomic E-state index is 0.163. The van der Waals surface area contributed by atoms with Crippen LogP contribution < -0.4 is 10.1 Å². The first-order valence-electron chi connectivity index (χ1n) is 8.09. The molecule has 2 rings (SSSR count). The quantitative estimate of drug-likeness (QED) is 0.708. The van der Waals surface area contributed by atoms with Crippen molar-refractivity contribution in [1.29, 1.82) is 0 Å². The fraction of sp³-hybridized carbons (Fsp3) is 0.667. The molecule has 0 saturated carbocycles. The molecular weight excluding hydrogens is 262 g/mol. The minimum atomic E-state index is 0.163. The standard InChI is InChI=1S/C18H29NO2/c1-18(2)14-21-17-9-8-15(13-16(17)18)7-5-4-6-10-19-11-12-20-3/h8-9,13,19H,4-7,10-12,14H2,1-3H3. The topological polar surface area (TPSA) is 30.5 Å². The second-order valence-corrected chi connectivity index (χ2v) is 6.56. The molecule has 1 aliphatic heterocycles. The predicted molar refractivity (Wildman–Crippen MR) is 87.3 cm³/mol. The second kappa shape index (κ2) is 7.81. The zero-order chi connectivity index (χ0) is 15.1. The number of hydrogen-bond acceptors (Lipinski definition) is 3. The molecule has 0 spiro atoms. The highest BCUT2D eigenvalue weighted by atomic mass is 16.5. The second-order valence-electron chi connectivity index (χ2n) is 6.56. The highest BCUT2D eigenvalue weighted by Crippen LogP contribution is 2.38. The van der Waals surface area contributed by atoms with Crippen molar-refractivity contribution in [2.75, 3.05) is 33.4 Å². The van der Waals surface area contributed by atoms with Crippen LogP contribution in [-0.4, -0.2) is 33.4 Å². The van der Waals surface area contributed by atoms with Crippen LogP contribution in [-0.2, 0) is 16.6 Å². The van der Waals surface area contributed by atoms with Crippen molar-refractivity contribution in [3.63, 3.8) is 0 Å². The zero-order valence-electron chi connectivity index (χ0n) is 13.7. The van der Waals surface area contributed by atoms with Crippen molar-refractivity contribution in [2.45, 2.75) is 44.9 Å². The molecule has 0 aromatic heterocycles. The summed E-state index contributed by atoms with van der Waals surface area (Å²) in [5, 5.41) is 3.39. The van der Waals surface area contributed by atoms with Gasteiger partial charge in [-0.3, -0.25) is 0 Å². The van der Waals surface area contributed by atoms with Gasteiger partial charge in [0.05, 0.1) is 13.2 Å². The average Bonchev–Trinajstić information content (AvgIpc) is 2.77. The van der Waals surface area contributed by atoms with E-state index in [4.69, 9.17) is 9.47 Å². The van der Waals surface area contributed by atoms with Crippen LogP contribution in [0.15, 0.2) is 18.2 Å². The first kappa shape index (κ1) is 16.3. The molecule has 1 aromatic rings. The number of fused-ring (bicyclic) bond motifs is 1. The average molecular weight is 291 g/mol. The van der Waals surface area contributed by atoms with E-state index in [-0.39, 0.29) is 5.41 Å². The molecule has 0 amide bonds. The Balaban J connectivity index is 1.68. The van der Waals surface area contributed by atoms with E-state index in [0.717, 1.165) is 32.1 Å². The molecule has 0 bridgehead atoms. The van der Waals surface area contributed by atoms with Crippen molar-refractivity contribution >= 4 is 0 Å². The Morgan fingerprint density at radius 1 is 1.19 bits per heavy atom. The Labute approximate surface area is 129 Å². The van der Waals surface area contributed by atoms with Gasteiger partial charge in [-0.05, 0) is 37.4 Å². The lowest BCUT2D eigenvalue weighted by Crippen LogP contribution is -2.20. The summed E-state index contributed by atoms with van der Waals surface area (Å²) in [6, 6.07) is 6.71. The van der Waals surface area contributed by atoms with E-state index >= 15 is 0 Å². The van der Waals surface area contributed by atoms with Crippen LogP contribution in [0.5, 0.6) is 5.75 Å². The van der Waals surface area contributed by atoms with Crippen molar-refractivity contribution in [3.05, 3.63) is 29.3 Å². The molecule has 21 heavy (non-hydrogen) atoms. The summed E-state index contributed by atoms with van der Waals surface area (Å²) in [6.45, 7) is 8.17. The Kier molecular flexibility index (Phi) is 6.07. The van der Waals surface area contributed by atoms with Gasteiger partial charge in [-0.1, -0.05) is 32.4 Å². The number of aryl methyl sites for hydroxylation is 1. The van der Waals surface area contributed by atoms with E-state index in [1.165, 1.54) is 36.8 Å². The lowest BCUT2D eigenvalue weighted by Gasteiger charge is -2.15. The third-order valence-electron chi connectivity index (χ3n) is 4.16. The van der Waals surface area contributed by atoms with E-state index in [2.05, 4.69) is 37.4 Å². The normalized spacial score (nSPS) is 15.8. The molecule has 1 aromatic carbocycles. The zero-order valence-corrected chi connectivity index (χ0v) is 13.7. The summed E-state index contributed by atoms with van der Waals surface area (Å²) < 4.78 is 10.7. The van der Waals surface area contributed by atoms with Gasteiger partial charge < -0.3 is 14.8 Å². The minimum Gasteiger partial charge on any atom is -0.492 e. The monoisotopic (exact) mass is 291 g/mol. The lowest BCUT2D eigenvalue weighted by atomic mass is 9.86. The molecule has 1 aliphatic rings. The van der Waals surface area contributed by atoms with Crippen LogP contribution in [0, 0.1) is 0 Å². The van der Waals surface area contributed by atoms with Gasteiger partial charge in [0.15, 0.2) is 0 Å². The fourth-order valence-electron chi connectivity index (χ4n) is 2.78. The summed E-state index contributed by atoms with van der Waals surface area (Å²) in [7, 11) is 1.74. The first-order valence-corrected chi connectivity index (χ1v) is 8.09. The van der Waals surface area contributed by atoms with Gasteiger partial charge in [0, 0.05) is 24.6 Å². The number of nitrogens with one attached hydrogen (secondary N) is 1. The van der Waals surface area contributed by atoms with Crippen LogP contribution in [0.2, 0.25) is 0 Å². The van der Waals surface area contributed by atoms with Crippen LogP contribution in [0.1, 0.15) is 44.2 Å². The van der Waals surface area contributed by atoms with Gasteiger partial charge in [-0.25, -0.2) is 0 Å².